The number of nitrogens with two attached hydrogens (primary N) is 1. The number of nitrogens with zero attached hydrogens (tertiary/aromatic N) is 2. The molecule has 6 nitrogen and oxygen atoms in total. The summed E-state index contributed by atoms with van der Waals surface area (Å²) < 4.78 is 5.32. The number of ether oxygens (including phenoxy) is 1. The van der Waals surface area contributed by atoms with Gasteiger partial charge in [0, 0.05) is 18.7 Å². The molecule has 1 aromatic heterocycles. The van der Waals surface area contributed by atoms with Crippen LogP contribution < -0.4 is 16.6 Å². The molecule has 0 spiro atoms. The molecule has 100 valence electrons. The van der Waals surface area contributed by atoms with Crippen LogP contribution in [0.3, 0.4) is 0 Å². The predicted octanol–water partition coefficient (Wildman–Crippen LogP) is 1.51. The first-order valence-corrected chi connectivity index (χ1v) is 6.40. The normalized spacial score (nSPS) is 22.4. The molecule has 0 radical (unpaired) electrons. The molecule has 0 aromatic carbocycles. The van der Waals surface area contributed by atoms with Crippen LogP contribution in [0, 0.1) is 5.92 Å². The molecule has 0 aliphatic heterocycles. The predicted molar refractivity (Wildman–Crippen MR) is 71.0 cm³/mol. The number of hydrogen-bond acceptors (Lipinski definition) is 6. The number of nitrogens with one attached hydrogen (secondary N) is 2. The van der Waals surface area contributed by atoms with Crippen LogP contribution in [0.2, 0.25) is 0 Å². The van der Waals surface area contributed by atoms with E-state index in [4.69, 9.17) is 10.6 Å². The molecule has 1 aromatic rings. The summed E-state index contributed by atoms with van der Waals surface area (Å²) in [5.41, 5.74) is 2.56. The molecule has 1 saturated carbocycles. The van der Waals surface area contributed by atoms with E-state index in [2.05, 4.69) is 27.6 Å². The van der Waals surface area contributed by atoms with Crippen molar-refractivity contribution in [3.8, 4) is 0 Å². The van der Waals surface area contributed by atoms with Crippen LogP contribution in [-0.4, -0.2) is 22.6 Å². The Labute approximate surface area is 107 Å². The van der Waals surface area contributed by atoms with Gasteiger partial charge in [0.1, 0.15) is 18.2 Å². The summed E-state index contributed by atoms with van der Waals surface area (Å²) in [6, 6.07) is 2.33. The smallest absolute Gasteiger partial charge is 0.158 e. The van der Waals surface area contributed by atoms with Crippen molar-refractivity contribution in [2.75, 3.05) is 17.3 Å². The molecule has 1 aliphatic carbocycles. The molecule has 0 bridgehead atoms. The van der Waals surface area contributed by atoms with Gasteiger partial charge in [0.05, 0.1) is 0 Å². The average Bonchev–Trinajstić information content (AvgIpc) is 2.34. The molecule has 18 heavy (non-hydrogen) atoms. The summed E-state index contributed by atoms with van der Waals surface area (Å²) >= 11 is 0. The van der Waals surface area contributed by atoms with E-state index in [0.29, 0.717) is 30.9 Å². The summed E-state index contributed by atoms with van der Waals surface area (Å²) in [7, 11) is 0. The lowest BCUT2D eigenvalue weighted by molar-refractivity contribution is 0.128. The lowest BCUT2D eigenvalue weighted by Gasteiger charge is -2.33. The van der Waals surface area contributed by atoms with Gasteiger partial charge >= 0.3 is 0 Å². The monoisotopic (exact) mass is 251 g/mol. The maximum absolute atomic E-state index is 5.41. The standard InChI is InChI=1S/C12H21N5O/c1-3-18-7-12-15-10(6-11(16-12)17-13)14-9-4-8(2)5-9/h6,8-9H,3-5,7,13H2,1-2H3,(H2,14,15,16,17). The zero-order chi connectivity index (χ0) is 13.0. The van der Waals surface area contributed by atoms with Crippen molar-refractivity contribution in [1.29, 1.82) is 0 Å². The number of hydrazine groups is 1. The van der Waals surface area contributed by atoms with E-state index in [9.17, 15) is 0 Å². The van der Waals surface area contributed by atoms with Gasteiger partial charge in [0.25, 0.3) is 0 Å². The van der Waals surface area contributed by atoms with Crippen molar-refractivity contribution in [2.45, 2.75) is 39.3 Å². The first-order valence-electron chi connectivity index (χ1n) is 6.40. The van der Waals surface area contributed by atoms with Crippen molar-refractivity contribution < 1.29 is 4.74 Å². The van der Waals surface area contributed by atoms with E-state index >= 15 is 0 Å². The van der Waals surface area contributed by atoms with Gasteiger partial charge in [0.2, 0.25) is 0 Å². The lowest BCUT2D eigenvalue weighted by atomic mass is 9.82. The van der Waals surface area contributed by atoms with Gasteiger partial charge in [-0.2, -0.15) is 0 Å². The minimum atomic E-state index is 0.405. The first kappa shape index (κ1) is 13.0. The Kier molecular flexibility index (Phi) is 4.33. The van der Waals surface area contributed by atoms with Crippen molar-refractivity contribution in [2.24, 2.45) is 11.8 Å². The summed E-state index contributed by atoms with van der Waals surface area (Å²) in [4.78, 5) is 8.67. The molecule has 1 aliphatic rings. The highest BCUT2D eigenvalue weighted by molar-refractivity contribution is 5.47. The Morgan fingerprint density at radius 3 is 2.72 bits per heavy atom. The minimum absolute atomic E-state index is 0.405. The van der Waals surface area contributed by atoms with Crippen LogP contribution in [0.25, 0.3) is 0 Å². The summed E-state index contributed by atoms with van der Waals surface area (Å²) in [5, 5.41) is 3.40. The summed E-state index contributed by atoms with van der Waals surface area (Å²) in [6.45, 7) is 5.25. The Hall–Kier alpha value is -1.40. The second kappa shape index (κ2) is 5.97. The van der Waals surface area contributed by atoms with E-state index in [0.717, 1.165) is 11.7 Å². The third-order valence-electron chi connectivity index (χ3n) is 3.08. The third-order valence-corrected chi connectivity index (χ3v) is 3.08. The molecular formula is C12H21N5O. The maximum atomic E-state index is 5.41. The van der Waals surface area contributed by atoms with Gasteiger partial charge in [-0.3, -0.25) is 0 Å². The number of hydrogen-bond donors (Lipinski definition) is 3. The zero-order valence-electron chi connectivity index (χ0n) is 10.9. The molecule has 0 unspecified atom stereocenters. The quantitative estimate of drug-likeness (QED) is 0.525. The van der Waals surface area contributed by atoms with Gasteiger partial charge in [-0.15, -0.1) is 0 Å². The van der Waals surface area contributed by atoms with Gasteiger partial charge in [-0.05, 0) is 25.7 Å². The molecule has 0 atom stereocenters. The molecule has 1 heterocycles. The molecule has 1 fully saturated rings. The number of aromatic nitrogens is 2. The number of anilines is 2. The van der Waals surface area contributed by atoms with E-state index in [-0.39, 0.29) is 0 Å². The maximum Gasteiger partial charge on any atom is 0.158 e. The van der Waals surface area contributed by atoms with Crippen LogP contribution in [0.4, 0.5) is 11.6 Å². The van der Waals surface area contributed by atoms with E-state index in [1.54, 1.807) is 0 Å². The van der Waals surface area contributed by atoms with Gasteiger partial charge < -0.3 is 15.5 Å². The van der Waals surface area contributed by atoms with Crippen LogP contribution in [0.5, 0.6) is 0 Å². The Bertz CT molecular complexity index is 392. The van der Waals surface area contributed by atoms with Crippen molar-refractivity contribution >= 4 is 11.6 Å². The molecule has 0 amide bonds. The zero-order valence-corrected chi connectivity index (χ0v) is 10.9. The highest BCUT2D eigenvalue weighted by atomic mass is 16.5. The fraction of sp³-hybridized carbons (Fsp3) is 0.667. The molecular weight excluding hydrogens is 230 g/mol. The summed E-state index contributed by atoms with van der Waals surface area (Å²) in [6.07, 6.45) is 2.38. The highest BCUT2D eigenvalue weighted by Crippen LogP contribution is 2.29. The molecule has 6 heteroatoms. The average molecular weight is 251 g/mol. The first-order chi connectivity index (χ1) is 8.71. The van der Waals surface area contributed by atoms with Crippen LogP contribution in [0.15, 0.2) is 6.07 Å². The van der Waals surface area contributed by atoms with Gasteiger partial charge in [0.15, 0.2) is 5.82 Å². The molecule has 4 N–H and O–H groups in total. The minimum Gasteiger partial charge on any atom is -0.374 e. The topological polar surface area (TPSA) is 85.1 Å². The second-order valence-electron chi connectivity index (χ2n) is 4.75. The highest BCUT2D eigenvalue weighted by Gasteiger charge is 2.25. The molecule has 2 rings (SSSR count). The van der Waals surface area contributed by atoms with Crippen LogP contribution in [-0.2, 0) is 11.3 Å². The SMILES string of the molecule is CCOCc1nc(NN)cc(NC2CC(C)C2)n1. The van der Waals surface area contributed by atoms with Gasteiger partial charge in [-0.1, -0.05) is 6.92 Å². The Morgan fingerprint density at radius 2 is 2.11 bits per heavy atom. The van der Waals surface area contributed by atoms with Crippen molar-refractivity contribution in [1.82, 2.24) is 9.97 Å². The molecule has 0 saturated heterocycles. The van der Waals surface area contributed by atoms with Crippen LogP contribution in [0.1, 0.15) is 32.5 Å². The van der Waals surface area contributed by atoms with E-state index in [1.807, 2.05) is 13.0 Å². The Morgan fingerprint density at radius 1 is 1.39 bits per heavy atom. The number of nitrogen functional groups attached to an aromatic ring is 1. The number of rotatable bonds is 6. The fourth-order valence-corrected chi connectivity index (χ4v) is 2.13. The van der Waals surface area contributed by atoms with Gasteiger partial charge in [-0.25, -0.2) is 15.8 Å². The van der Waals surface area contributed by atoms with E-state index < -0.39 is 0 Å². The fourth-order valence-electron chi connectivity index (χ4n) is 2.13. The van der Waals surface area contributed by atoms with Crippen molar-refractivity contribution in [3.05, 3.63) is 11.9 Å². The van der Waals surface area contributed by atoms with Crippen LogP contribution >= 0.6 is 0 Å². The summed E-state index contributed by atoms with van der Waals surface area (Å²) in [5.74, 6) is 8.27. The van der Waals surface area contributed by atoms with E-state index in [1.165, 1.54) is 12.8 Å². The second-order valence-corrected chi connectivity index (χ2v) is 4.75. The largest absolute Gasteiger partial charge is 0.374 e. The Balaban J connectivity index is 2.03. The lowest BCUT2D eigenvalue weighted by Crippen LogP contribution is -2.34. The third kappa shape index (κ3) is 3.30. The van der Waals surface area contributed by atoms with Crippen molar-refractivity contribution in [3.63, 3.8) is 0 Å².